The molecule has 6 heteroatoms. The van der Waals surface area contributed by atoms with Gasteiger partial charge in [-0.15, -0.1) is 11.3 Å². The molecule has 0 atom stereocenters. The fraction of sp³-hybridized carbons (Fsp3) is 0.722. The van der Waals surface area contributed by atoms with Crippen LogP contribution in [0.1, 0.15) is 74.2 Å². The molecule has 0 unspecified atom stereocenters. The van der Waals surface area contributed by atoms with Crippen LogP contribution in [0.4, 0.5) is 0 Å². The lowest BCUT2D eigenvalue weighted by Crippen LogP contribution is -2.65. The Morgan fingerprint density at radius 3 is 2.54 bits per heavy atom. The van der Waals surface area contributed by atoms with Gasteiger partial charge in [0.1, 0.15) is 5.69 Å². The molecule has 5 nitrogen and oxygen atoms in total. The van der Waals surface area contributed by atoms with Crippen molar-refractivity contribution >= 4 is 23.2 Å². The van der Waals surface area contributed by atoms with E-state index in [2.05, 4.69) is 18.8 Å². The molecule has 2 fully saturated rings. The standard InChI is InChI=1S/C18H27N3O2S/c1-13(2)16-15(19-12-24-16)17(23)20-9-10-21(14(3)22)18(11-20)7-5-4-6-8-18/h12-13H,4-11H2,1-3H3. The molecule has 1 spiro atoms. The molecular formula is C18H27N3O2S. The molecule has 1 aromatic rings. The third-order valence-electron chi connectivity index (χ3n) is 5.42. The van der Waals surface area contributed by atoms with Gasteiger partial charge in [-0.1, -0.05) is 33.1 Å². The monoisotopic (exact) mass is 349 g/mol. The minimum atomic E-state index is -0.161. The molecule has 2 amide bonds. The zero-order valence-electron chi connectivity index (χ0n) is 14.9. The van der Waals surface area contributed by atoms with E-state index in [1.54, 1.807) is 23.8 Å². The van der Waals surface area contributed by atoms with Crippen LogP contribution in [0.15, 0.2) is 5.51 Å². The normalized spacial score (nSPS) is 20.7. The number of piperazine rings is 1. The summed E-state index contributed by atoms with van der Waals surface area (Å²) < 4.78 is 0. The van der Waals surface area contributed by atoms with Gasteiger partial charge in [-0.2, -0.15) is 0 Å². The topological polar surface area (TPSA) is 53.5 Å². The van der Waals surface area contributed by atoms with Gasteiger partial charge in [-0.25, -0.2) is 4.98 Å². The SMILES string of the molecule is CC(=O)N1CCN(C(=O)c2ncsc2C(C)C)CC12CCCCC2. The van der Waals surface area contributed by atoms with Gasteiger partial charge in [0.15, 0.2) is 0 Å². The average Bonchev–Trinajstić information content (AvgIpc) is 3.04. The van der Waals surface area contributed by atoms with Gasteiger partial charge in [0.05, 0.1) is 11.0 Å². The molecule has 24 heavy (non-hydrogen) atoms. The molecule has 0 aromatic carbocycles. The predicted octanol–water partition coefficient (Wildman–Crippen LogP) is 3.27. The predicted molar refractivity (Wildman–Crippen MR) is 95.3 cm³/mol. The van der Waals surface area contributed by atoms with Crippen LogP contribution in [-0.4, -0.2) is 51.8 Å². The Balaban J connectivity index is 1.84. The maximum absolute atomic E-state index is 13.1. The van der Waals surface area contributed by atoms with E-state index < -0.39 is 0 Å². The third kappa shape index (κ3) is 3.08. The van der Waals surface area contributed by atoms with Crippen LogP contribution in [0, 0.1) is 0 Å². The fourth-order valence-electron chi connectivity index (χ4n) is 4.26. The zero-order valence-corrected chi connectivity index (χ0v) is 15.7. The van der Waals surface area contributed by atoms with Gasteiger partial charge in [0.25, 0.3) is 5.91 Å². The van der Waals surface area contributed by atoms with Gasteiger partial charge in [-0.3, -0.25) is 9.59 Å². The van der Waals surface area contributed by atoms with Crippen LogP contribution >= 0.6 is 11.3 Å². The molecular weight excluding hydrogens is 322 g/mol. The summed E-state index contributed by atoms with van der Waals surface area (Å²) in [6, 6.07) is 0. The average molecular weight is 350 g/mol. The molecule has 1 aromatic heterocycles. The van der Waals surface area contributed by atoms with E-state index in [0.717, 1.165) is 30.6 Å². The number of carbonyl (C=O) groups is 2. The number of nitrogens with zero attached hydrogens (tertiary/aromatic N) is 3. The number of rotatable bonds is 2. The molecule has 0 radical (unpaired) electrons. The zero-order chi connectivity index (χ0) is 17.3. The number of aromatic nitrogens is 1. The quantitative estimate of drug-likeness (QED) is 0.823. The van der Waals surface area contributed by atoms with Crippen LogP contribution in [0.2, 0.25) is 0 Å². The molecule has 0 N–H and O–H groups in total. The largest absolute Gasteiger partial charge is 0.334 e. The molecule has 1 saturated heterocycles. The second-order valence-corrected chi connectivity index (χ2v) is 8.29. The smallest absolute Gasteiger partial charge is 0.273 e. The Morgan fingerprint density at radius 2 is 1.92 bits per heavy atom. The highest BCUT2D eigenvalue weighted by atomic mass is 32.1. The van der Waals surface area contributed by atoms with Gasteiger partial charge in [0, 0.05) is 31.4 Å². The summed E-state index contributed by atoms with van der Waals surface area (Å²) in [6.07, 6.45) is 5.51. The van der Waals surface area contributed by atoms with Gasteiger partial charge in [-0.05, 0) is 18.8 Å². The molecule has 2 heterocycles. The third-order valence-corrected chi connectivity index (χ3v) is 6.55. The Hall–Kier alpha value is -1.43. The molecule has 3 rings (SSSR count). The lowest BCUT2D eigenvalue weighted by Gasteiger charge is -2.52. The van der Waals surface area contributed by atoms with Crippen LogP contribution in [0.5, 0.6) is 0 Å². The van der Waals surface area contributed by atoms with Crippen molar-refractivity contribution in [3.63, 3.8) is 0 Å². The summed E-state index contributed by atoms with van der Waals surface area (Å²) in [5, 5.41) is 0. The van der Waals surface area contributed by atoms with Crippen molar-refractivity contribution in [2.75, 3.05) is 19.6 Å². The summed E-state index contributed by atoms with van der Waals surface area (Å²) in [5.41, 5.74) is 2.22. The van der Waals surface area contributed by atoms with Crippen LogP contribution in [0.3, 0.4) is 0 Å². The number of hydrogen-bond acceptors (Lipinski definition) is 4. The second kappa shape index (κ2) is 6.82. The minimum Gasteiger partial charge on any atom is -0.334 e. The minimum absolute atomic E-state index is 0.0353. The van der Waals surface area contributed by atoms with E-state index in [1.165, 1.54) is 6.42 Å². The highest BCUT2D eigenvalue weighted by Gasteiger charge is 2.45. The lowest BCUT2D eigenvalue weighted by molar-refractivity contribution is -0.141. The Kier molecular flexibility index (Phi) is 4.95. The van der Waals surface area contributed by atoms with E-state index in [9.17, 15) is 9.59 Å². The number of carbonyl (C=O) groups excluding carboxylic acids is 2. The Bertz CT molecular complexity index is 620. The van der Waals surface area contributed by atoms with Crippen LogP contribution < -0.4 is 0 Å². The highest BCUT2D eigenvalue weighted by Crippen LogP contribution is 2.37. The van der Waals surface area contributed by atoms with Crippen molar-refractivity contribution in [1.29, 1.82) is 0 Å². The van der Waals surface area contributed by atoms with E-state index in [4.69, 9.17) is 0 Å². The van der Waals surface area contributed by atoms with Crippen molar-refractivity contribution in [1.82, 2.24) is 14.8 Å². The fourth-order valence-corrected chi connectivity index (χ4v) is 5.05. The number of thiazole rings is 1. The van der Waals surface area contributed by atoms with Crippen LogP contribution in [0.25, 0.3) is 0 Å². The van der Waals surface area contributed by atoms with Gasteiger partial charge < -0.3 is 9.80 Å². The Morgan fingerprint density at radius 1 is 1.21 bits per heavy atom. The Labute approximate surface area is 148 Å². The van der Waals surface area contributed by atoms with Crippen molar-refractivity contribution in [2.45, 2.75) is 64.3 Å². The first-order valence-corrected chi connectivity index (χ1v) is 9.83. The summed E-state index contributed by atoms with van der Waals surface area (Å²) in [6.45, 7) is 7.75. The van der Waals surface area contributed by atoms with Crippen molar-refractivity contribution in [3.05, 3.63) is 16.1 Å². The molecule has 132 valence electrons. The first-order valence-electron chi connectivity index (χ1n) is 8.95. The maximum Gasteiger partial charge on any atom is 0.273 e. The molecule has 2 aliphatic rings. The number of hydrogen-bond donors (Lipinski definition) is 0. The molecule has 1 aliphatic carbocycles. The summed E-state index contributed by atoms with van der Waals surface area (Å²) >= 11 is 1.56. The first-order chi connectivity index (χ1) is 11.4. The highest BCUT2D eigenvalue weighted by molar-refractivity contribution is 7.10. The summed E-state index contributed by atoms with van der Waals surface area (Å²) in [4.78, 5) is 34.6. The number of amides is 2. The van der Waals surface area contributed by atoms with E-state index in [0.29, 0.717) is 31.2 Å². The van der Waals surface area contributed by atoms with E-state index in [1.807, 2.05) is 9.80 Å². The van der Waals surface area contributed by atoms with Crippen LogP contribution in [-0.2, 0) is 4.79 Å². The molecule has 0 bridgehead atoms. The second-order valence-electron chi connectivity index (χ2n) is 7.40. The maximum atomic E-state index is 13.1. The van der Waals surface area contributed by atoms with Crippen molar-refractivity contribution in [2.24, 2.45) is 0 Å². The summed E-state index contributed by atoms with van der Waals surface area (Å²) in [7, 11) is 0. The van der Waals surface area contributed by atoms with E-state index >= 15 is 0 Å². The van der Waals surface area contributed by atoms with E-state index in [-0.39, 0.29) is 17.4 Å². The molecule has 1 aliphatic heterocycles. The van der Waals surface area contributed by atoms with Crippen molar-refractivity contribution in [3.8, 4) is 0 Å². The first kappa shape index (κ1) is 17.4. The van der Waals surface area contributed by atoms with Gasteiger partial charge >= 0.3 is 0 Å². The van der Waals surface area contributed by atoms with Crippen molar-refractivity contribution < 1.29 is 9.59 Å². The van der Waals surface area contributed by atoms with Gasteiger partial charge in [0.2, 0.25) is 5.91 Å². The molecule has 1 saturated carbocycles. The lowest BCUT2D eigenvalue weighted by atomic mass is 9.78. The summed E-state index contributed by atoms with van der Waals surface area (Å²) in [5.74, 6) is 0.479.